The molecule has 14 heavy (non-hydrogen) atoms. The minimum Gasteiger partial charge on any atom is -0.401 e. The molecule has 0 aliphatic heterocycles. The van der Waals surface area contributed by atoms with Gasteiger partial charge in [-0.3, -0.25) is 0 Å². The second kappa shape index (κ2) is 7.68. The van der Waals surface area contributed by atoms with E-state index in [1.807, 2.05) is 7.05 Å². The molecule has 0 atom stereocenters. The largest absolute Gasteiger partial charge is 0.401 e. The van der Waals surface area contributed by atoms with Gasteiger partial charge in [-0.05, 0) is 19.3 Å². The minimum atomic E-state index is 0.947. The highest BCUT2D eigenvalue weighted by Crippen LogP contribution is 2.14. The summed E-state index contributed by atoms with van der Waals surface area (Å²) < 4.78 is 0. The van der Waals surface area contributed by atoms with Gasteiger partial charge in [-0.1, -0.05) is 33.1 Å². The normalized spacial score (nSPS) is 12.6. The fourth-order valence-corrected chi connectivity index (χ4v) is 1.52. The summed E-state index contributed by atoms with van der Waals surface area (Å²) in [4.78, 5) is 0. The summed E-state index contributed by atoms with van der Waals surface area (Å²) in [7, 11) is 1.86. The molecule has 0 aromatic rings. The number of unbranched alkanes of at least 4 members (excludes halogenated alkanes) is 2. The van der Waals surface area contributed by atoms with E-state index in [9.17, 15) is 0 Å². The van der Waals surface area contributed by atoms with Crippen LogP contribution in [-0.4, -0.2) is 12.1 Å². The summed E-state index contributed by atoms with van der Waals surface area (Å²) in [6, 6.07) is 0. The van der Waals surface area contributed by atoms with Crippen LogP contribution in [0.5, 0.6) is 0 Å². The molecule has 0 aromatic carbocycles. The predicted octanol–water partition coefficient (Wildman–Crippen LogP) is 2.34. The Hall–Kier alpha value is -0.700. The monoisotopic (exact) mass is 199 g/mol. The van der Waals surface area contributed by atoms with Crippen LogP contribution in [0.25, 0.3) is 0 Å². The molecular formula is C11H25N3. The van der Waals surface area contributed by atoms with Gasteiger partial charge in [0, 0.05) is 18.4 Å². The first-order chi connectivity index (χ1) is 6.63. The van der Waals surface area contributed by atoms with Crippen LogP contribution >= 0.6 is 0 Å². The highest BCUT2D eigenvalue weighted by molar-refractivity contribution is 5.08. The first-order valence-electron chi connectivity index (χ1n) is 5.59. The molecule has 0 unspecified atom stereocenters. The van der Waals surface area contributed by atoms with Gasteiger partial charge in [-0.15, -0.1) is 0 Å². The molecule has 0 saturated carbocycles. The highest BCUT2D eigenvalue weighted by atomic mass is 15.4. The van der Waals surface area contributed by atoms with Gasteiger partial charge in [0.15, 0.2) is 0 Å². The third kappa shape index (κ3) is 5.12. The van der Waals surface area contributed by atoms with Gasteiger partial charge < -0.3 is 10.7 Å². The van der Waals surface area contributed by atoms with Crippen molar-refractivity contribution in [3.63, 3.8) is 0 Å². The fourth-order valence-electron chi connectivity index (χ4n) is 1.52. The van der Waals surface area contributed by atoms with Crippen molar-refractivity contribution >= 4 is 0 Å². The quantitative estimate of drug-likeness (QED) is 0.376. The van der Waals surface area contributed by atoms with Crippen molar-refractivity contribution < 1.29 is 0 Å². The van der Waals surface area contributed by atoms with Gasteiger partial charge in [-0.2, -0.15) is 0 Å². The maximum absolute atomic E-state index is 5.97. The van der Waals surface area contributed by atoms with E-state index in [1.54, 1.807) is 5.01 Å². The summed E-state index contributed by atoms with van der Waals surface area (Å²) in [5, 5.41) is 1.67. The lowest BCUT2D eigenvalue weighted by Gasteiger charge is -2.19. The first-order valence-corrected chi connectivity index (χ1v) is 5.59. The number of hydrogen-bond donors (Lipinski definition) is 2. The molecule has 84 valence electrons. The molecule has 0 aliphatic rings. The summed E-state index contributed by atoms with van der Waals surface area (Å²) >= 11 is 0. The zero-order valence-corrected chi connectivity index (χ0v) is 9.84. The maximum atomic E-state index is 5.97. The summed E-state index contributed by atoms with van der Waals surface area (Å²) in [6.45, 7) is 4.33. The molecule has 0 bridgehead atoms. The van der Waals surface area contributed by atoms with E-state index in [1.165, 1.54) is 19.3 Å². The summed E-state index contributed by atoms with van der Waals surface area (Å²) in [6.07, 6.45) is 6.69. The molecule has 0 fully saturated rings. The van der Waals surface area contributed by atoms with E-state index in [0.717, 1.165) is 30.7 Å². The Bertz CT molecular complexity index is 173. The van der Waals surface area contributed by atoms with Gasteiger partial charge in [0.05, 0.1) is 0 Å². The molecule has 0 rings (SSSR count). The smallest absolute Gasteiger partial charge is 0.0474 e. The van der Waals surface area contributed by atoms with Crippen molar-refractivity contribution in [2.45, 2.75) is 52.4 Å². The third-order valence-electron chi connectivity index (χ3n) is 2.33. The van der Waals surface area contributed by atoms with E-state index in [4.69, 9.17) is 11.6 Å². The average Bonchev–Trinajstić information content (AvgIpc) is 2.12. The Morgan fingerprint density at radius 2 is 1.71 bits per heavy atom. The van der Waals surface area contributed by atoms with Gasteiger partial charge >= 0.3 is 0 Å². The Morgan fingerprint density at radius 1 is 1.07 bits per heavy atom. The standard InChI is InChI=1S/C11H25N3/c1-4-6-7-9-11(14(3)13)10(12)8-5-2/h4-9,12-13H2,1-3H3/b11-10-. The lowest BCUT2D eigenvalue weighted by molar-refractivity contribution is 0.406. The molecule has 0 aromatic heterocycles. The second-order valence-corrected chi connectivity index (χ2v) is 3.79. The molecule has 3 nitrogen and oxygen atoms in total. The Balaban J connectivity index is 4.20. The molecule has 0 spiro atoms. The van der Waals surface area contributed by atoms with E-state index in [0.29, 0.717) is 0 Å². The van der Waals surface area contributed by atoms with Crippen LogP contribution in [0, 0.1) is 0 Å². The van der Waals surface area contributed by atoms with Crippen molar-refractivity contribution in [3.8, 4) is 0 Å². The van der Waals surface area contributed by atoms with Crippen molar-refractivity contribution in [2.24, 2.45) is 11.6 Å². The van der Waals surface area contributed by atoms with Crippen molar-refractivity contribution in [1.82, 2.24) is 5.01 Å². The SMILES string of the molecule is CCCCC/C(=C(/N)CCC)N(C)N. The molecule has 0 heterocycles. The maximum Gasteiger partial charge on any atom is 0.0474 e. The van der Waals surface area contributed by atoms with Gasteiger partial charge in [-0.25, -0.2) is 5.84 Å². The Morgan fingerprint density at radius 3 is 2.14 bits per heavy atom. The fraction of sp³-hybridized carbons (Fsp3) is 0.818. The van der Waals surface area contributed by atoms with E-state index < -0.39 is 0 Å². The molecule has 0 radical (unpaired) electrons. The highest BCUT2D eigenvalue weighted by Gasteiger charge is 2.05. The summed E-state index contributed by atoms with van der Waals surface area (Å²) in [5.41, 5.74) is 8.03. The van der Waals surface area contributed by atoms with Crippen molar-refractivity contribution in [2.75, 3.05) is 7.05 Å². The number of hydrogen-bond acceptors (Lipinski definition) is 3. The van der Waals surface area contributed by atoms with Gasteiger partial charge in [0.1, 0.15) is 0 Å². The van der Waals surface area contributed by atoms with Crippen molar-refractivity contribution in [3.05, 3.63) is 11.4 Å². The van der Waals surface area contributed by atoms with Gasteiger partial charge in [0.25, 0.3) is 0 Å². The number of nitrogens with zero attached hydrogens (tertiary/aromatic N) is 1. The van der Waals surface area contributed by atoms with Crippen LogP contribution < -0.4 is 11.6 Å². The number of nitrogens with two attached hydrogens (primary N) is 2. The zero-order valence-electron chi connectivity index (χ0n) is 9.84. The van der Waals surface area contributed by atoms with Crippen LogP contribution in [0.3, 0.4) is 0 Å². The van der Waals surface area contributed by atoms with E-state index >= 15 is 0 Å². The first kappa shape index (κ1) is 13.3. The molecule has 0 amide bonds. The van der Waals surface area contributed by atoms with E-state index in [-0.39, 0.29) is 0 Å². The number of hydrazine groups is 1. The minimum absolute atomic E-state index is 0.947. The molecule has 0 aliphatic carbocycles. The summed E-state index contributed by atoms with van der Waals surface area (Å²) in [5.74, 6) is 5.75. The molecule has 0 saturated heterocycles. The van der Waals surface area contributed by atoms with Crippen LogP contribution in [0.4, 0.5) is 0 Å². The average molecular weight is 199 g/mol. The molecular weight excluding hydrogens is 174 g/mol. The van der Waals surface area contributed by atoms with E-state index in [2.05, 4.69) is 13.8 Å². The van der Waals surface area contributed by atoms with Crippen LogP contribution in [-0.2, 0) is 0 Å². The van der Waals surface area contributed by atoms with Crippen LogP contribution in [0.1, 0.15) is 52.4 Å². The predicted molar refractivity (Wildman–Crippen MR) is 62.2 cm³/mol. The van der Waals surface area contributed by atoms with Crippen LogP contribution in [0.15, 0.2) is 11.4 Å². The van der Waals surface area contributed by atoms with Crippen molar-refractivity contribution in [1.29, 1.82) is 0 Å². The van der Waals surface area contributed by atoms with Gasteiger partial charge in [0.2, 0.25) is 0 Å². The lowest BCUT2D eigenvalue weighted by atomic mass is 10.1. The second-order valence-electron chi connectivity index (χ2n) is 3.79. The number of allylic oxidation sites excluding steroid dienone is 2. The lowest BCUT2D eigenvalue weighted by Crippen LogP contribution is -2.28. The molecule has 3 heteroatoms. The number of rotatable bonds is 7. The Labute approximate surface area is 88.1 Å². The molecule has 4 N–H and O–H groups in total. The Kier molecular flexibility index (Phi) is 7.30. The third-order valence-corrected chi connectivity index (χ3v) is 2.33. The topological polar surface area (TPSA) is 55.3 Å². The zero-order chi connectivity index (χ0) is 11.0. The van der Waals surface area contributed by atoms with Crippen LogP contribution in [0.2, 0.25) is 0 Å².